The number of aromatic nitrogens is 1. The van der Waals surface area contributed by atoms with Crippen LogP contribution in [0, 0.1) is 11.8 Å². The summed E-state index contributed by atoms with van der Waals surface area (Å²) in [7, 11) is 0. The largest absolute Gasteiger partial charge is 0.488 e. The van der Waals surface area contributed by atoms with Gasteiger partial charge in [0.1, 0.15) is 6.10 Å². The summed E-state index contributed by atoms with van der Waals surface area (Å²) >= 11 is 0. The van der Waals surface area contributed by atoms with Gasteiger partial charge in [0.25, 0.3) is 0 Å². The van der Waals surface area contributed by atoms with Crippen molar-refractivity contribution in [3.63, 3.8) is 0 Å². The van der Waals surface area contributed by atoms with Gasteiger partial charge in [-0.15, -0.1) is 0 Å². The molecule has 3 rings (SSSR count). The highest BCUT2D eigenvalue weighted by Crippen LogP contribution is 2.40. The second kappa shape index (κ2) is 5.83. The summed E-state index contributed by atoms with van der Waals surface area (Å²) < 4.78 is 44.9. The van der Waals surface area contributed by atoms with Crippen molar-refractivity contribution in [2.45, 2.75) is 38.0 Å². The van der Waals surface area contributed by atoms with E-state index in [0.29, 0.717) is 5.92 Å². The normalized spacial score (nSPS) is 24.6. The Bertz CT molecular complexity index is 482. The van der Waals surface area contributed by atoms with Crippen molar-refractivity contribution in [1.82, 2.24) is 10.3 Å². The van der Waals surface area contributed by atoms with Crippen LogP contribution >= 0.6 is 0 Å². The van der Waals surface area contributed by atoms with Crippen molar-refractivity contribution < 1.29 is 17.9 Å². The van der Waals surface area contributed by atoms with Gasteiger partial charge in [-0.2, -0.15) is 13.2 Å². The molecule has 1 saturated heterocycles. The van der Waals surface area contributed by atoms with Crippen LogP contribution in [0.3, 0.4) is 0 Å². The molecule has 1 aliphatic carbocycles. The maximum absolute atomic E-state index is 13.0. The molecule has 0 spiro atoms. The minimum atomic E-state index is -4.48. The van der Waals surface area contributed by atoms with Crippen molar-refractivity contribution in [2.75, 3.05) is 13.1 Å². The minimum Gasteiger partial charge on any atom is -0.488 e. The number of ether oxygens (including phenoxy) is 1. The fraction of sp³-hybridized carbons (Fsp3) is 0.667. The van der Waals surface area contributed by atoms with E-state index in [1.807, 2.05) is 0 Å². The zero-order valence-corrected chi connectivity index (χ0v) is 11.7. The van der Waals surface area contributed by atoms with Gasteiger partial charge in [0.05, 0.1) is 0 Å². The molecule has 0 radical (unpaired) electrons. The van der Waals surface area contributed by atoms with E-state index in [4.69, 9.17) is 4.74 Å². The molecule has 1 aliphatic heterocycles. The highest BCUT2D eigenvalue weighted by molar-refractivity contribution is 5.29. The lowest BCUT2D eigenvalue weighted by molar-refractivity contribution is -0.143. The maximum Gasteiger partial charge on any atom is 0.437 e. The van der Waals surface area contributed by atoms with E-state index in [1.165, 1.54) is 12.1 Å². The standard InChI is InChI=1S/C15H19F3N2O/c16-15(17,18)14-12(5-2-7-20-14)21-13(10-3-1-4-10)11-6-8-19-9-11/h2,5,7,10-11,13,19H,1,3-4,6,8-9H2. The zero-order valence-electron chi connectivity index (χ0n) is 11.7. The average molecular weight is 300 g/mol. The van der Waals surface area contributed by atoms with Crippen molar-refractivity contribution in [2.24, 2.45) is 11.8 Å². The Morgan fingerprint density at radius 1 is 1.24 bits per heavy atom. The second-order valence-corrected chi connectivity index (χ2v) is 5.87. The summed E-state index contributed by atoms with van der Waals surface area (Å²) in [4.78, 5) is 3.47. The lowest BCUT2D eigenvalue weighted by Crippen LogP contribution is -2.39. The van der Waals surface area contributed by atoms with Crippen LogP contribution < -0.4 is 10.1 Å². The lowest BCUT2D eigenvalue weighted by atomic mass is 9.76. The lowest BCUT2D eigenvalue weighted by Gasteiger charge is -2.37. The van der Waals surface area contributed by atoms with Gasteiger partial charge in [-0.05, 0) is 43.9 Å². The Hall–Kier alpha value is -1.30. The Morgan fingerprint density at radius 3 is 2.62 bits per heavy atom. The Kier molecular flexibility index (Phi) is 4.06. The van der Waals surface area contributed by atoms with Crippen LogP contribution in [0.4, 0.5) is 13.2 Å². The number of alkyl halides is 3. The van der Waals surface area contributed by atoms with Crippen LogP contribution in [-0.2, 0) is 6.18 Å². The van der Waals surface area contributed by atoms with Gasteiger partial charge >= 0.3 is 6.18 Å². The molecule has 3 nitrogen and oxygen atoms in total. The van der Waals surface area contributed by atoms with E-state index >= 15 is 0 Å². The first kappa shape index (κ1) is 14.6. The van der Waals surface area contributed by atoms with Crippen LogP contribution in [0.25, 0.3) is 0 Å². The monoisotopic (exact) mass is 300 g/mol. The summed E-state index contributed by atoms with van der Waals surface area (Å²) in [6.45, 7) is 1.74. The molecule has 6 heteroatoms. The first-order chi connectivity index (χ1) is 10.1. The average Bonchev–Trinajstić information content (AvgIpc) is 2.89. The molecule has 0 amide bonds. The fourth-order valence-electron chi connectivity index (χ4n) is 3.15. The second-order valence-electron chi connectivity index (χ2n) is 5.87. The summed E-state index contributed by atoms with van der Waals surface area (Å²) in [5.41, 5.74) is -0.916. The van der Waals surface area contributed by atoms with E-state index in [-0.39, 0.29) is 17.8 Å². The Balaban J connectivity index is 1.82. The molecule has 2 unspecified atom stereocenters. The SMILES string of the molecule is FC(F)(F)c1ncccc1OC(C1CCC1)C1CCNC1. The van der Waals surface area contributed by atoms with Gasteiger partial charge in [0.2, 0.25) is 0 Å². The van der Waals surface area contributed by atoms with Crippen LogP contribution in [0.1, 0.15) is 31.4 Å². The van der Waals surface area contributed by atoms with Crippen molar-refractivity contribution in [1.29, 1.82) is 0 Å². The zero-order chi connectivity index (χ0) is 14.9. The number of nitrogens with zero attached hydrogens (tertiary/aromatic N) is 1. The van der Waals surface area contributed by atoms with Crippen molar-refractivity contribution in [3.8, 4) is 5.75 Å². The summed E-state index contributed by atoms with van der Waals surface area (Å²) in [5.74, 6) is 0.529. The quantitative estimate of drug-likeness (QED) is 0.927. The minimum absolute atomic E-state index is 0.131. The van der Waals surface area contributed by atoms with E-state index in [1.54, 1.807) is 0 Å². The molecular weight excluding hydrogens is 281 g/mol. The smallest absolute Gasteiger partial charge is 0.437 e. The summed E-state index contributed by atoms with van der Waals surface area (Å²) in [5, 5.41) is 3.27. The van der Waals surface area contributed by atoms with Crippen LogP contribution in [0.2, 0.25) is 0 Å². The van der Waals surface area contributed by atoms with Crippen LogP contribution in [0.15, 0.2) is 18.3 Å². The molecule has 2 fully saturated rings. The van der Waals surface area contributed by atoms with E-state index < -0.39 is 11.9 Å². The molecule has 0 bridgehead atoms. The van der Waals surface area contributed by atoms with Gasteiger partial charge in [0.15, 0.2) is 11.4 Å². The van der Waals surface area contributed by atoms with Gasteiger partial charge in [-0.1, -0.05) is 6.42 Å². The van der Waals surface area contributed by atoms with Gasteiger partial charge in [0, 0.05) is 18.7 Å². The Labute approximate surface area is 121 Å². The molecule has 2 heterocycles. The maximum atomic E-state index is 13.0. The summed E-state index contributed by atoms with van der Waals surface area (Å²) in [6, 6.07) is 2.87. The van der Waals surface area contributed by atoms with E-state index in [2.05, 4.69) is 10.3 Å². The van der Waals surface area contributed by atoms with Crippen molar-refractivity contribution >= 4 is 0 Å². The number of rotatable bonds is 4. The third kappa shape index (κ3) is 3.15. The molecule has 2 aliphatic rings. The molecule has 0 aromatic carbocycles. The first-order valence-electron chi connectivity index (χ1n) is 7.45. The first-order valence-corrected chi connectivity index (χ1v) is 7.45. The van der Waals surface area contributed by atoms with Gasteiger partial charge < -0.3 is 10.1 Å². The van der Waals surface area contributed by atoms with Crippen molar-refractivity contribution in [3.05, 3.63) is 24.0 Å². The van der Waals surface area contributed by atoms with Gasteiger partial charge in [-0.3, -0.25) is 0 Å². The number of hydrogen-bond acceptors (Lipinski definition) is 3. The molecule has 1 N–H and O–H groups in total. The van der Waals surface area contributed by atoms with Gasteiger partial charge in [-0.25, -0.2) is 4.98 Å². The third-order valence-electron chi connectivity index (χ3n) is 4.48. The highest BCUT2D eigenvalue weighted by atomic mass is 19.4. The van der Waals surface area contributed by atoms with Crippen LogP contribution in [0.5, 0.6) is 5.75 Å². The molecule has 1 aromatic heterocycles. The van der Waals surface area contributed by atoms with E-state index in [9.17, 15) is 13.2 Å². The Morgan fingerprint density at radius 2 is 2.05 bits per heavy atom. The fourth-order valence-corrected chi connectivity index (χ4v) is 3.15. The summed E-state index contributed by atoms with van der Waals surface area (Å²) in [6.07, 6.45) is 0.733. The number of nitrogens with one attached hydrogen (secondary N) is 1. The number of hydrogen-bond donors (Lipinski definition) is 1. The molecular formula is C15H19F3N2O. The number of halogens is 3. The molecule has 116 valence electrons. The third-order valence-corrected chi connectivity index (χ3v) is 4.48. The predicted octanol–water partition coefficient (Wildman–Crippen LogP) is 3.26. The molecule has 21 heavy (non-hydrogen) atoms. The molecule has 1 aromatic rings. The number of pyridine rings is 1. The van der Waals surface area contributed by atoms with E-state index in [0.717, 1.165) is 45.0 Å². The molecule has 1 saturated carbocycles. The molecule has 2 atom stereocenters. The predicted molar refractivity (Wildman–Crippen MR) is 72.0 cm³/mol. The highest BCUT2D eigenvalue weighted by Gasteiger charge is 2.40. The van der Waals surface area contributed by atoms with Crippen LogP contribution in [-0.4, -0.2) is 24.2 Å². The topological polar surface area (TPSA) is 34.1 Å².